The lowest BCUT2D eigenvalue weighted by atomic mass is 9.85. The van der Waals surface area contributed by atoms with Gasteiger partial charge in [0.2, 0.25) is 0 Å². The number of benzene rings is 1. The highest BCUT2D eigenvalue weighted by molar-refractivity contribution is 5.88. The zero-order valence-corrected chi connectivity index (χ0v) is 21.1. The number of methoxy groups -OCH3 is 1. The van der Waals surface area contributed by atoms with Crippen molar-refractivity contribution in [3.05, 3.63) is 34.9 Å². The van der Waals surface area contributed by atoms with Crippen LogP contribution in [0.3, 0.4) is 0 Å². The van der Waals surface area contributed by atoms with Crippen molar-refractivity contribution in [3.8, 4) is 6.01 Å². The number of hydrogen-bond donors (Lipinski definition) is 3. The summed E-state index contributed by atoms with van der Waals surface area (Å²) in [4.78, 5) is 13.6. The van der Waals surface area contributed by atoms with E-state index in [0.29, 0.717) is 43.4 Å². The molecule has 3 saturated heterocycles. The fourth-order valence-electron chi connectivity index (χ4n) is 5.39. The predicted octanol–water partition coefficient (Wildman–Crippen LogP) is 2.31. The van der Waals surface area contributed by atoms with Gasteiger partial charge in [-0.15, -0.1) is 0 Å². The van der Waals surface area contributed by atoms with E-state index in [1.54, 1.807) is 7.11 Å². The maximum Gasteiger partial charge on any atom is 0.320 e. The van der Waals surface area contributed by atoms with Crippen LogP contribution in [0, 0.1) is 12.3 Å². The van der Waals surface area contributed by atoms with Gasteiger partial charge in [-0.1, -0.05) is 0 Å². The zero-order chi connectivity index (χ0) is 25.1. The Morgan fingerprint density at radius 2 is 1.94 bits per heavy atom. The molecule has 2 aromatic rings. The van der Waals surface area contributed by atoms with Crippen LogP contribution in [0.25, 0.3) is 0 Å². The van der Waals surface area contributed by atoms with Crippen molar-refractivity contribution in [2.45, 2.75) is 37.8 Å². The summed E-state index contributed by atoms with van der Waals surface area (Å²) in [6.45, 7) is 7.64. The van der Waals surface area contributed by atoms with E-state index in [4.69, 9.17) is 19.6 Å². The van der Waals surface area contributed by atoms with Crippen LogP contribution in [-0.2, 0) is 9.47 Å². The molecule has 1 aromatic heterocycles. The van der Waals surface area contributed by atoms with Crippen LogP contribution in [0.4, 0.5) is 17.3 Å². The van der Waals surface area contributed by atoms with Crippen LogP contribution in [0.1, 0.15) is 35.4 Å². The molecule has 1 atom stereocenters. The molecule has 0 radical (unpaired) electrons. The monoisotopic (exact) mass is 496 g/mol. The number of nitrogens with zero attached hydrogens (tertiary/aromatic N) is 4. The molecule has 5 rings (SSSR count). The fourth-order valence-corrected chi connectivity index (χ4v) is 5.39. The first-order chi connectivity index (χ1) is 17.6. The number of aromatic nitrogens is 2. The number of ether oxygens (including phenoxy) is 3. The van der Waals surface area contributed by atoms with Crippen LogP contribution in [-0.4, -0.2) is 98.1 Å². The number of aliphatic hydroxyl groups excluding tert-OH is 1. The Balaban J connectivity index is 1.40. The maximum atomic E-state index is 9.82. The van der Waals surface area contributed by atoms with Crippen molar-refractivity contribution >= 4 is 23.5 Å². The number of morpholine rings is 1. The molecule has 3 aliphatic heterocycles. The van der Waals surface area contributed by atoms with Gasteiger partial charge in [0.05, 0.1) is 52.2 Å². The van der Waals surface area contributed by atoms with Gasteiger partial charge in [0.1, 0.15) is 11.6 Å². The third-order valence-corrected chi connectivity index (χ3v) is 7.57. The third kappa shape index (κ3) is 5.17. The number of nitrogens with one attached hydrogen (secondary N) is 2. The quantitative estimate of drug-likeness (QED) is 0.474. The molecule has 194 valence electrons. The minimum Gasteiger partial charge on any atom is -0.467 e. The van der Waals surface area contributed by atoms with Gasteiger partial charge in [-0.3, -0.25) is 4.90 Å². The van der Waals surface area contributed by atoms with E-state index in [9.17, 15) is 5.11 Å². The fraction of sp³-hybridized carbons (Fsp3) is 0.577. The highest BCUT2D eigenvalue weighted by Gasteiger charge is 2.31. The Bertz CT molecular complexity index is 1070. The molecule has 10 heteroatoms. The van der Waals surface area contributed by atoms with Gasteiger partial charge in [-0.25, -0.2) is 0 Å². The molecule has 0 amide bonds. The molecular weight excluding hydrogens is 460 g/mol. The van der Waals surface area contributed by atoms with E-state index >= 15 is 0 Å². The topological polar surface area (TPSA) is 116 Å². The van der Waals surface area contributed by atoms with E-state index < -0.39 is 0 Å². The summed E-state index contributed by atoms with van der Waals surface area (Å²) >= 11 is 0. The summed E-state index contributed by atoms with van der Waals surface area (Å²) in [5.41, 5.74) is 4.18. The maximum absolute atomic E-state index is 9.82. The average molecular weight is 497 g/mol. The van der Waals surface area contributed by atoms with E-state index in [1.807, 2.05) is 11.0 Å². The SMILES string of the molecule is COc1nc(Nc2cc(C3CCN(C4COC4)CC3)c(C)cc2C=N)cc(N2CCOCC2CO)n1. The highest BCUT2D eigenvalue weighted by Crippen LogP contribution is 2.35. The van der Waals surface area contributed by atoms with E-state index in [-0.39, 0.29) is 18.7 Å². The van der Waals surface area contributed by atoms with Gasteiger partial charge in [0.15, 0.2) is 0 Å². The molecule has 0 bridgehead atoms. The Hall–Kier alpha value is -2.79. The summed E-state index contributed by atoms with van der Waals surface area (Å²) in [5.74, 6) is 1.73. The van der Waals surface area contributed by atoms with Crippen LogP contribution in [0.2, 0.25) is 0 Å². The second kappa shape index (κ2) is 11.1. The third-order valence-electron chi connectivity index (χ3n) is 7.57. The van der Waals surface area contributed by atoms with Crippen molar-refractivity contribution in [2.24, 2.45) is 0 Å². The van der Waals surface area contributed by atoms with Gasteiger partial charge >= 0.3 is 6.01 Å². The molecule has 3 N–H and O–H groups in total. The van der Waals surface area contributed by atoms with Gasteiger partial charge in [0.25, 0.3) is 0 Å². The van der Waals surface area contributed by atoms with Gasteiger partial charge in [0, 0.05) is 30.1 Å². The first-order valence-electron chi connectivity index (χ1n) is 12.7. The lowest BCUT2D eigenvalue weighted by Gasteiger charge is -2.41. The summed E-state index contributed by atoms with van der Waals surface area (Å²) in [5, 5.41) is 21.3. The molecule has 1 aromatic carbocycles. The molecule has 0 spiro atoms. The standard InChI is InChI=1S/C26H36N6O4/c1-17-9-19(12-27)23(10-22(17)18-3-5-31(6-4-18)21-15-36-16-21)28-24-11-25(30-26(29-24)34-2)32-7-8-35-14-20(32)13-33/h9-12,18,20-21,27,33H,3-8,13-16H2,1-2H3,(H,28,29,30). The number of anilines is 3. The van der Waals surface area contributed by atoms with Gasteiger partial charge in [-0.2, -0.15) is 9.97 Å². The summed E-state index contributed by atoms with van der Waals surface area (Å²) in [6.07, 6.45) is 3.61. The smallest absolute Gasteiger partial charge is 0.320 e. The van der Waals surface area contributed by atoms with Crippen molar-refractivity contribution in [1.29, 1.82) is 5.41 Å². The number of rotatable bonds is 8. The minimum atomic E-state index is -0.174. The summed E-state index contributed by atoms with van der Waals surface area (Å²) in [7, 11) is 1.54. The largest absolute Gasteiger partial charge is 0.467 e. The van der Waals surface area contributed by atoms with Crippen LogP contribution in [0.5, 0.6) is 6.01 Å². The average Bonchev–Trinajstić information content (AvgIpc) is 2.88. The minimum absolute atomic E-state index is 0.0268. The highest BCUT2D eigenvalue weighted by atomic mass is 16.5. The Morgan fingerprint density at radius 1 is 1.14 bits per heavy atom. The van der Waals surface area contributed by atoms with Crippen molar-refractivity contribution in [1.82, 2.24) is 14.9 Å². The van der Waals surface area contributed by atoms with Crippen molar-refractivity contribution in [3.63, 3.8) is 0 Å². The molecule has 3 fully saturated rings. The molecule has 0 saturated carbocycles. The molecule has 10 nitrogen and oxygen atoms in total. The predicted molar refractivity (Wildman–Crippen MR) is 138 cm³/mol. The molecular formula is C26H36N6O4. The Kier molecular flexibility index (Phi) is 7.66. The molecule has 0 aliphatic carbocycles. The molecule has 1 unspecified atom stereocenters. The lowest BCUT2D eigenvalue weighted by Crippen LogP contribution is -2.51. The van der Waals surface area contributed by atoms with E-state index in [0.717, 1.165) is 50.4 Å². The number of aliphatic hydroxyl groups is 1. The van der Waals surface area contributed by atoms with Crippen LogP contribution in [0.15, 0.2) is 18.2 Å². The van der Waals surface area contributed by atoms with Crippen LogP contribution >= 0.6 is 0 Å². The lowest BCUT2D eigenvalue weighted by molar-refractivity contribution is -0.0712. The van der Waals surface area contributed by atoms with Crippen molar-refractivity contribution < 1.29 is 19.3 Å². The first-order valence-corrected chi connectivity index (χ1v) is 12.7. The molecule has 4 heterocycles. The van der Waals surface area contributed by atoms with Gasteiger partial charge in [-0.05, 0) is 62.0 Å². The number of aryl methyl sites for hydroxylation is 1. The van der Waals surface area contributed by atoms with Crippen LogP contribution < -0.4 is 15.0 Å². The molecule has 36 heavy (non-hydrogen) atoms. The second-order valence-corrected chi connectivity index (χ2v) is 9.77. The Labute approximate surface area is 212 Å². The number of hydrogen-bond acceptors (Lipinski definition) is 10. The Morgan fingerprint density at radius 3 is 2.61 bits per heavy atom. The summed E-state index contributed by atoms with van der Waals surface area (Å²) in [6, 6.07) is 6.79. The summed E-state index contributed by atoms with van der Waals surface area (Å²) < 4.78 is 16.3. The normalized spacial score (nSPS) is 21.8. The second-order valence-electron chi connectivity index (χ2n) is 9.77. The zero-order valence-electron chi connectivity index (χ0n) is 21.1. The number of likely N-dealkylation sites (tertiary alicyclic amines) is 1. The van der Waals surface area contributed by atoms with E-state index in [1.165, 1.54) is 17.3 Å². The van der Waals surface area contributed by atoms with E-state index in [2.05, 4.69) is 39.2 Å². The van der Waals surface area contributed by atoms with Crippen molar-refractivity contribution in [2.75, 3.05) is 70.0 Å². The molecule has 3 aliphatic rings. The number of piperidine rings is 1. The first kappa shape index (κ1) is 24.9. The van der Waals surface area contributed by atoms with Gasteiger partial charge < -0.3 is 34.9 Å².